The molecule has 1 aliphatic rings. The molecule has 1 aromatic rings. The van der Waals surface area contributed by atoms with Gasteiger partial charge in [-0.15, -0.1) is 0 Å². The Morgan fingerprint density at radius 3 is 2.65 bits per heavy atom. The number of fused-ring (bicyclic) bond motifs is 1. The fourth-order valence-electron chi connectivity index (χ4n) is 3.70. The molecule has 144 valence electrons. The number of benzene rings is 1. The Morgan fingerprint density at radius 1 is 1.23 bits per heavy atom. The molecule has 0 aliphatic carbocycles. The zero-order valence-corrected chi connectivity index (χ0v) is 16.7. The van der Waals surface area contributed by atoms with Gasteiger partial charge in [0.25, 0.3) is 0 Å². The van der Waals surface area contributed by atoms with Crippen LogP contribution in [0.5, 0.6) is 5.75 Å². The van der Waals surface area contributed by atoms with E-state index in [-0.39, 0.29) is 11.7 Å². The number of ketones is 1. The van der Waals surface area contributed by atoms with Crippen LogP contribution in [0.2, 0.25) is 0 Å². The minimum atomic E-state index is 0.0594. The lowest BCUT2D eigenvalue weighted by Crippen LogP contribution is -2.32. The maximum Gasteiger partial charge on any atom is 0.219 e. The number of hydrogen-bond acceptors (Lipinski definition) is 3. The first-order chi connectivity index (χ1) is 12.4. The zero-order chi connectivity index (χ0) is 19.1. The summed E-state index contributed by atoms with van der Waals surface area (Å²) >= 11 is 0. The first kappa shape index (κ1) is 20.5. The molecule has 26 heavy (non-hydrogen) atoms. The maximum atomic E-state index is 11.8. The summed E-state index contributed by atoms with van der Waals surface area (Å²) in [7, 11) is 0. The van der Waals surface area contributed by atoms with Gasteiger partial charge in [-0.05, 0) is 55.2 Å². The van der Waals surface area contributed by atoms with Crippen LogP contribution < -0.4 is 4.74 Å². The van der Waals surface area contributed by atoms with Gasteiger partial charge >= 0.3 is 0 Å². The molecule has 2 rings (SSSR count). The number of amides is 1. The number of Topliss-reactive ketones (excluding diaryl/α,β-unsaturated/α-hetero) is 1. The number of carbonyl (C=O) groups is 2. The van der Waals surface area contributed by atoms with Gasteiger partial charge in [0.2, 0.25) is 5.91 Å². The number of hydrogen-bond donors (Lipinski definition) is 0. The van der Waals surface area contributed by atoms with Crippen LogP contribution >= 0.6 is 0 Å². The number of carbonyl (C=O) groups excluding carboxylic acids is 2. The smallest absolute Gasteiger partial charge is 0.219 e. The van der Waals surface area contributed by atoms with Crippen molar-refractivity contribution >= 4 is 11.7 Å². The van der Waals surface area contributed by atoms with Crippen LogP contribution in [0.4, 0.5) is 0 Å². The van der Waals surface area contributed by atoms with E-state index in [9.17, 15) is 9.59 Å². The van der Waals surface area contributed by atoms with Crippen molar-refractivity contribution in [2.45, 2.75) is 65.7 Å². The molecule has 0 spiro atoms. The minimum absolute atomic E-state index is 0.0594. The molecular weight excluding hydrogens is 326 g/mol. The van der Waals surface area contributed by atoms with Crippen LogP contribution in [-0.2, 0) is 16.0 Å². The lowest BCUT2D eigenvalue weighted by molar-refractivity contribution is -0.129. The van der Waals surface area contributed by atoms with Gasteiger partial charge < -0.3 is 9.64 Å². The van der Waals surface area contributed by atoms with Crippen LogP contribution in [0.1, 0.15) is 70.4 Å². The van der Waals surface area contributed by atoms with Gasteiger partial charge in [-0.1, -0.05) is 26.0 Å². The highest BCUT2D eigenvalue weighted by Crippen LogP contribution is 2.33. The third kappa shape index (κ3) is 5.86. The lowest BCUT2D eigenvalue weighted by Gasteiger charge is -2.25. The molecular formula is C22H33NO3. The fourth-order valence-corrected chi connectivity index (χ4v) is 3.70. The van der Waals surface area contributed by atoms with Crippen molar-refractivity contribution in [3.63, 3.8) is 0 Å². The average molecular weight is 360 g/mol. The summed E-state index contributed by atoms with van der Waals surface area (Å²) in [6.07, 6.45) is 4.67. The topological polar surface area (TPSA) is 46.6 Å². The van der Waals surface area contributed by atoms with Gasteiger partial charge in [-0.2, -0.15) is 0 Å². The Balaban J connectivity index is 1.89. The molecule has 1 unspecified atom stereocenters. The van der Waals surface area contributed by atoms with Gasteiger partial charge in [-0.25, -0.2) is 0 Å². The van der Waals surface area contributed by atoms with Crippen LogP contribution in [0.3, 0.4) is 0 Å². The van der Waals surface area contributed by atoms with Gasteiger partial charge in [0, 0.05) is 32.9 Å². The van der Waals surface area contributed by atoms with E-state index < -0.39 is 0 Å². The SMILES string of the molecule is CCC(C[C@@H](C)CCN(CCC(C)=O)C(C)=O)c1ccc2c(c1)CCO2. The van der Waals surface area contributed by atoms with Gasteiger partial charge in [0.15, 0.2) is 0 Å². The minimum Gasteiger partial charge on any atom is -0.493 e. The second kappa shape index (κ2) is 9.75. The molecule has 1 heterocycles. The molecule has 1 aliphatic heterocycles. The molecule has 4 nitrogen and oxygen atoms in total. The van der Waals surface area contributed by atoms with Crippen LogP contribution in [-0.4, -0.2) is 36.3 Å². The van der Waals surface area contributed by atoms with Crippen molar-refractivity contribution in [1.29, 1.82) is 0 Å². The van der Waals surface area contributed by atoms with Crippen molar-refractivity contribution in [2.24, 2.45) is 5.92 Å². The molecule has 0 N–H and O–H groups in total. The van der Waals surface area contributed by atoms with Crippen molar-refractivity contribution in [1.82, 2.24) is 4.90 Å². The summed E-state index contributed by atoms with van der Waals surface area (Å²) in [5, 5.41) is 0. The summed E-state index contributed by atoms with van der Waals surface area (Å²) in [6, 6.07) is 6.64. The monoisotopic (exact) mass is 359 g/mol. The second-order valence-electron chi connectivity index (χ2n) is 7.66. The third-order valence-electron chi connectivity index (χ3n) is 5.44. The molecule has 4 heteroatoms. The summed E-state index contributed by atoms with van der Waals surface area (Å²) in [4.78, 5) is 24.8. The molecule has 0 aromatic heterocycles. The summed E-state index contributed by atoms with van der Waals surface area (Å²) < 4.78 is 5.61. The van der Waals surface area contributed by atoms with E-state index in [1.54, 1.807) is 13.8 Å². The van der Waals surface area contributed by atoms with Crippen molar-refractivity contribution in [3.05, 3.63) is 29.3 Å². The van der Waals surface area contributed by atoms with Gasteiger partial charge in [-0.3, -0.25) is 9.59 Å². The standard InChI is InChI=1S/C22H33NO3/c1-5-19(20-6-7-22-21(15-20)10-13-26-22)14-16(2)8-11-23(18(4)25)12-9-17(3)24/h6-7,15-16,19H,5,8-14H2,1-4H3/t16-,19?/m0/s1. The normalized spacial score (nSPS) is 15.1. The summed E-state index contributed by atoms with van der Waals surface area (Å²) in [5.74, 6) is 2.31. The molecule has 0 bridgehead atoms. The molecule has 0 radical (unpaired) electrons. The van der Waals surface area contributed by atoms with Crippen LogP contribution in [0.25, 0.3) is 0 Å². The highest BCUT2D eigenvalue weighted by Gasteiger charge is 2.19. The van der Waals surface area contributed by atoms with E-state index in [1.807, 2.05) is 4.90 Å². The molecule has 2 atom stereocenters. The second-order valence-corrected chi connectivity index (χ2v) is 7.66. The van der Waals surface area contributed by atoms with E-state index in [4.69, 9.17) is 4.74 Å². The number of ether oxygens (including phenoxy) is 1. The maximum absolute atomic E-state index is 11.8. The largest absolute Gasteiger partial charge is 0.493 e. The Morgan fingerprint density at radius 2 is 2.00 bits per heavy atom. The fraction of sp³-hybridized carbons (Fsp3) is 0.636. The number of rotatable bonds is 10. The highest BCUT2D eigenvalue weighted by molar-refractivity contribution is 5.77. The Labute approximate surface area is 157 Å². The van der Waals surface area contributed by atoms with Crippen molar-refractivity contribution < 1.29 is 14.3 Å². The van der Waals surface area contributed by atoms with Gasteiger partial charge in [0.1, 0.15) is 11.5 Å². The van der Waals surface area contributed by atoms with E-state index in [0.29, 0.717) is 24.8 Å². The third-order valence-corrected chi connectivity index (χ3v) is 5.44. The van der Waals surface area contributed by atoms with E-state index in [2.05, 4.69) is 32.0 Å². The van der Waals surface area contributed by atoms with Gasteiger partial charge in [0.05, 0.1) is 6.61 Å². The predicted octanol–water partition coefficient (Wildman–Crippen LogP) is 4.36. The van der Waals surface area contributed by atoms with Crippen molar-refractivity contribution in [3.8, 4) is 5.75 Å². The first-order valence-corrected chi connectivity index (χ1v) is 9.91. The van der Waals surface area contributed by atoms with E-state index >= 15 is 0 Å². The van der Waals surface area contributed by atoms with Crippen LogP contribution in [0, 0.1) is 5.92 Å². The zero-order valence-electron chi connectivity index (χ0n) is 16.7. The Hall–Kier alpha value is -1.84. The Kier molecular flexibility index (Phi) is 7.67. The Bertz CT molecular complexity index is 626. The quantitative estimate of drug-likeness (QED) is 0.623. The van der Waals surface area contributed by atoms with E-state index in [0.717, 1.165) is 44.6 Å². The molecule has 0 saturated carbocycles. The average Bonchev–Trinajstić information content (AvgIpc) is 3.06. The molecule has 1 amide bonds. The summed E-state index contributed by atoms with van der Waals surface area (Å²) in [6.45, 7) is 9.75. The highest BCUT2D eigenvalue weighted by atomic mass is 16.5. The van der Waals surface area contributed by atoms with Crippen molar-refractivity contribution in [2.75, 3.05) is 19.7 Å². The lowest BCUT2D eigenvalue weighted by atomic mass is 9.85. The van der Waals surface area contributed by atoms with Crippen LogP contribution in [0.15, 0.2) is 18.2 Å². The molecule has 0 saturated heterocycles. The molecule has 0 fully saturated rings. The molecule has 1 aromatic carbocycles. The summed E-state index contributed by atoms with van der Waals surface area (Å²) in [5.41, 5.74) is 2.74. The van der Waals surface area contributed by atoms with E-state index in [1.165, 1.54) is 11.1 Å². The first-order valence-electron chi connectivity index (χ1n) is 9.91. The number of nitrogens with zero attached hydrogens (tertiary/aromatic N) is 1. The predicted molar refractivity (Wildman–Crippen MR) is 105 cm³/mol.